The fourth-order valence-electron chi connectivity index (χ4n) is 2.45. The summed E-state index contributed by atoms with van der Waals surface area (Å²) in [6, 6.07) is 6.09. The van der Waals surface area contributed by atoms with Crippen molar-refractivity contribution >= 4 is 11.4 Å². The smallest absolute Gasteiger partial charge is 0.0746 e. The first-order valence-corrected chi connectivity index (χ1v) is 5.85. The molecule has 1 heterocycles. The van der Waals surface area contributed by atoms with E-state index in [0.717, 1.165) is 25.2 Å². The lowest BCUT2D eigenvalue weighted by Gasteiger charge is -2.35. The number of benzene rings is 1. The lowest BCUT2D eigenvalue weighted by atomic mass is 10.0. The summed E-state index contributed by atoms with van der Waals surface area (Å²) in [4.78, 5) is 2.35. The van der Waals surface area contributed by atoms with Gasteiger partial charge < -0.3 is 15.4 Å². The van der Waals surface area contributed by atoms with E-state index in [4.69, 9.17) is 10.5 Å². The van der Waals surface area contributed by atoms with Crippen LogP contribution in [0.15, 0.2) is 18.2 Å². The van der Waals surface area contributed by atoms with Gasteiger partial charge in [-0.25, -0.2) is 0 Å². The predicted octanol–water partition coefficient (Wildman–Crippen LogP) is 2.19. The van der Waals surface area contributed by atoms with Gasteiger partial charge in [0.2, 0.25) is 0 Å². The van der Waals surface area contributed by atoms with Crippen LogP contribution < -0.4 is 10.6 Å². The Hall–Kier alpha value is -1.22. The highest BCUT2D eigenvalue weighted by molar-refractivity contribution is 5.71. The lowest BCUT2D eigenvalue weighted by Crippen LogP contribution is -2.39. The molecule has 1 aliphatic rings. The van der Waals surface area contributed by atoms with Crippen molar-refractivity contribution in [3.8, 4) is 0 Å². The van der Waals surface area contributed by atoms with Crippen LogP contribution in [-0.4, -0.2) is 26.3 Å². The number of nitrogens with two attached hydrogens (primary N) is 1. The van der Waals surface area contributed by atoms with Gasteiger partial charge in [-0.15, -0.1) is 0 Å². The lowest BCUT2D eigenvalue weighted by molar-refractivity contribution is 0.0893. The summed E-state index contributed by atoms with van der Waals surface area (Å²) in [7, 11) is 1.79. The molecule has 1 unspecified atom stereocenters. The van der Waals surface area contributed by atoms with Gasteiger partial charge in [-0.1, -0.05) is 12.1 Å². The first-order valence-electron chi connectivity index (χ1n) is 5.85. The number of methoxy groups -OCH3 is 1. The number of piperidine rings is 1. The Morgan fingerprint density at radius 2 is 2.25 bits per heavy atom. The van der Waals surface area contributed by atoms with Crippen LogP contribution in [0.25, 0.3) is 0 Å². The number of hydrogen-bond donors (Lipinski definition) is 1. The second-order valence-corrected chi connectivity index (χ2v) is 4.46. The van der Waals surface area contributed by atoms with Crippen molar-refractivity contribution in [3.05, 3.63) is 23.8 Å². The van der Waals surface area contributed by atoms with Gasteiger partial charge in [0.25, 0.3) is 0 Å². The average Bonchev–Trinajstić information content (AvgIpc) is 2.29. The Balaban J connectivity index is 2.23. The quantitative estimate of drug-likeness (QED) is 0.776. The zero-order valence-electron chi connectivity index (χ0n) is 10.1. The van der Waals surface area contributed by atoms with Gasteiger partial charge in [0.1, 0.15) is 0 Å². The molecule has 0 aliphatic carbocycles. The molecule has 0 saturated carbocycles. The van der Waals surface area contributed by atoms with Crippen LogP contribution in [0, 0.1) is 6.92 Å². The van der Waals surface area contributed by atoms with Gasteiger partial charge in [0.15, 0.2) is 0 Å². The van der Waals surface area contributed by atoms with E-state index < -0.39 is 0 Å². The molecule has 1 atom stereocenters. The zero-order chi connectivity index (χ0) is 11.5. The number of ether oxygens (including phenoxy) is 1. The molecule has 0 amide bonds. The summed E-state index contributed by atoms with van der Waals surface area (Å²) in [5.74, 6) is 0. The molecule has 16 heavy (non-hydrogen) atoms. The number of nitrogens with zero attached hydrogens (tertiary/aromatic N) is 1. The fraction of sp³-hybridized carbons (Fsp3) is 0.538. The summed E-state index contributed by atoms with van der Waals surface area (Å²) in [5.41, 5.74) is 9.36. The summed E-state index contributed by atoms with van der Waals surface area (Å²) in [6.07, 6.45) is 2.66. The van der Waals surface area contributed by atoms with Crippen LogP contribution in [0.1, 0.15) is 18.4 Å². The molecule has 1 fully saturated rings. The molecule has 1 aromatic carbocycles. The molecule has 1 aliphatic heterocycles. The number of anilines is 2. The van der Waals surface area contributed by atoms with Crippen LogP contribution in [0.4, 0.5) is 11.4 Å². The number of rotatable bonds is 2. The third-order valence-corrected chi connectivity index (χ3v) is 3.30. The van der Waals surface area contributed by atoms with Crippen molar-refractivity contribution in [2.24, 2.45) is 0 Å². The normalized spacial score (nSPS) is 21.1. The van der Waals surface area contributed by atoms with Gasteiger partial charge in [-0.3, -0.25) is 0 Å². The van der Waals surface area contributed by atoms with E-state index >= 15 is 0 Å². The minimum Gasteiger partial charge on any atom is -0.397 e. The first-order chi connectivity index (χ1) is 7.72. The minimum atomic E-state index is 0.341. The van der Waals surface area contributed by atoms with E-state index in [9.17, 15) is 0 Å². The third-order valence-electron chi connectivity index (χ3n) is 3.30. The van der Waals surface area contributed by atoms with Crippen molar-refractivity contribution in [1.82, 2.24) is 0 Å². The SMILES string of the molecule is COC1CCCN(c2c(C)cccc2N)C1. The van der Waals surface area contributed by atoms with Crippen LogP contribution >= 0.6 is 0 Å². The number of nitrogen functional groups attached to an aromatic ring is 1. The maximum Gasteiger partial charge on any atom is 0.0746 e. The van der Waals surface area contributed by atoms with E-state index in [1.807, 2.05) is 12.1 Å². The Morgan fingerprint density at radius 1 is 1.44 bits per heavy atom. The second-order valence-electron chi connectivity index (χ2n) is 4.46. The summed E-state index contributed by atoms with van der Waals surface area (Å²) in [5, 5.41) is 0. The molecular weight excluding hydrogens is 200 g/mol. The van der Waals surface area contributed by atoms with E-state index in [-0.39, 0.29) is 0 Å². The summed E-state index contributed by atoms with van der Waals surface area (Å²) < 4.78 is 5.44. The van der Waals surface area contributed by atoms with Gasteiger partial charge in [-0.2, -0.15) is 0 Å². The van der Waals surface area contributed by atoms with Gasteiger partial charge in [-0.05, 0) is 31.4 Å². The Kier molecular flexibility index (Phi) is 3.34. The molecule has 3 heteroatoms. The number of hydrogen-bond acceptors (Lipinski definition) is 3. The highest BCUT2D eigenvalue weighted by Gasteiger charge is 2.21. The molecule has 88 valence electrons. The molecular formula is C13H20N2O. The third kappa shape index (κ3) is 2.14. The second kappa shape index (κ2) is 4.74. The van der Waals surface area contributed by atoms with Crippen molar-refractivity contribution in [1.29, 1.82) is 0 Å². The molecule has 2 N–H and O–H groups in total. The van der Waals surface area contributed by atoms with Crippen LogP contribution in [0.3, 0.4) is 0 Å². The molecule has 1 aromatic rings. The molecule has 0 radical (unpaired) electrons. The maximum atomic E-state index is 6.06. The monoisotopic (exact) mass is 220 g/mol. The molecule has 1 saturated heterocycles. The van der Waals surface area contributed by atoms with E-state index in [1.165, 1.54) is 17.7 Å². The van der Waals surface area contributed by atoms with Gasteiger partial charge >= 0.3 is 0 Å². The molecule has 0 aromatic heterocycles. The van der Waals surface area contributed by atoms with Crippen molar-refractivity contribution in [3.63, 3.8) is 0 Å². The molecule has 2 rings (SSSR count). The predicted molar refractivity (Wildman–Crippen MR) is 67.8 cm³/mol. The first kappa shape index (κ1) is 11.3. The Bertz CT molecular complexity index is 345. The fourth-order valence-corrected chi connectivity index (χ4v) is 2.45. The Labute approximate surface area is 97.2 Å². The standard InChI is InChI=1S/C13H20N2O/c1-10-5-3-7-12(14)13(10)15-8-4-6-11(9-15)16-2/h3,5,7,11H,4,6,8-9,14H2,1-2H3. The van der Waals surface area contributed by atoms with Crippen molar-refractivity contribution in [2.75, 3.05) is 30.8 Å². The zero-order valence-corrected chi connectivity index (χ0v) is 10.1. The summed E-state index contributed by atoms with van der Waals surface area (Å²) in [6.45, 7) is 4.14. The molecule has 0 bridgehead atoms. The summed E-state index contributed by atoms with van der Waals surface area (Å²) >= 11 is 0. The van der Waals surface area contributed by atoms with Gasteiger partial charge in [0, 0.05) is 20.2 Å². The van der Waals surface area contributed by atoms with Crippen LogP contribution in [-0.2, 0) is 4.74 Å². The minimum absolute atomic E-state index is 0.341. The van der Waals surface area contributed by atoms with E-state index in [2.05, 4.69) is 17.9 Å². The molecule has 0 spiro atoms. The largest absolute Gasteiger partial charge is 0.397 e. The number of aryl methyl sites for hydroxylation is 1. The highest BCUT2D eigenvalue weighted by atomic mass is 16.5. The molecule has 3 nitrogen and oxygen atoms in total. The van der Waals surface area contributed by atoms with Crippen LogP contribution in [0.2, 0.25) is 0 Å². The van der Waals surface area contributed by atoms with Crippen LogP contribution in [0.5, 0.6) is 0 Å². The topological polar surface area (TPSA) is 38.5 Å². The average molecular weight is 220 g/mol. The van der Waals surface area contributed by atoms with Gasteiger partial charge in [0.05, 0.1) is 17.5 Å². The van der Waals surface area contributed by atoms with E-state index in [0.29, 0.717) is 6.10 Å². The Morgan fingerprint density at radius 3 is 2.94 bits per heavy atom. The number of para-hydroxylation sites is 1. The van der Waals surface area contributed by atoms with E-state index in [1.54, 1.807) is 7.11 Å². The highest BCUT2D eigenvalue weighted by Crippen LogP contribution is 2.30. The maximum absolute atomic E-state index is 6.06. The van der Waals surface area contributed by atoms with Crippen molar-refractivity contribution in [2.45, 2.75) is 25.9 Å². The van der Waals surface area contributed by atoms with Crippen molar-refractivity contribution < 1.29 is 4.74 Å².